The van der Waals surface area contributed by atoms with Gasteiger partial charge in [-0.3, -0.25) is 4.79 Å². The van der Waals surface area contributed by atoms with E-state index in [4.69, 9.17) is 5.11 Å². The van der Waals surface area contributed by atoms with Gasteiger partial charge in [0.1, 0.15) is 0 Å². The van der Waals surface area contributed by atoms with Crippen LogP contribution in [0.1, 0.15) is 45.4 Å². The molecule has 1 aliphatic carbocycles. The molecule has 2 aliphatic rings. The Balaban J connectivity index is 1.79. The normalized spacial score (nSPS) is 27.6. The summed E-state index contributed by atoms with van der Waals surface area (Å²) in [6, 6.07) is -0.0891. The van der Waals surface area contributed by atoms with Gasteiger partial charge in [-0.2, -0.15) is 0 Å². The van der Waals surface area contributed by atoms with Crippen LogP contribution in [0, 0.1) is 17.8 Å². The lowest BCUT2D eigenvalue weighted by molar-refractivity contribution is -0.141. The van der Waals surface area contributed by atoms with Crippen LogP contribution in [0.3, 0.4) is 0 Å². The number of nitrogens with one attached hydrogen (secondary N) is 1. The van der Waals surface area contributed by atoms with E-state index in [0.29, 0.717) is 12.3 Å². The summed E-state index contributed by atoms with van der Waals surface area (Å²) in [6.07, 6.45) is 6.82. The first-order valence-electron chi connectivity index (χ1n) is 7.87. The maximum atomic E-state index is 12.1. The van der Waals surface area contributed by atoms with E-state index in [1.54, 1.807) is 0 Å². The molecule has 2 fully saturated rings. The fraction of sp³-hybridized carbons (Fsp3) is 0.867. The van der Waals surface area contributed by atoms with E-state index >= 15 is 0 Å². The van der Waals surface area contributed by atoms with Crippen molar-refractivity contribution < 1.29 is 14.7 Å². The predicted octanol–water partition coefficient (Wildman–Crippen LogP) is 2.32. The van der Waals surface area contributed by atoms with Crippen molar-refractivity contribution in [2.75, 3.05) is 19.6 Å². The van der Waals surface area contributed by atoms with Crippen LogP contribution in [0.15, 0.2) is 0 Å². The van der Waals surface area contributed by atoms with Crippen molar-refractivity contribution in [3.8, 4) is 0 Å². The summed E-state index contributed by atoms with van der Waals surface area (Å²) in [6.45, 7) is 3.73. The minimum atomic E-state index is -0.834. The van der Waals surface area contributed by atoms with Crippen LogP contribution < -0.4 is 5.32 Å². The largest absolute Gasteiger partial charge is 0.481 e. The van der Waals surface area contributed by atoms with Gasteiger partial charge in [0.05, 0.1) is 5.92 Å². The molecule has 0 aromatic carbocycles. The topological polar surface area (TPSA) is 69.6 Å². The Morgan fingerprint density at radius 2 is 1.95 bits per heavy atom. The number of likely N-dealkylation sites (tertiary alicyclic amines) is 1. The van der Waals surface area contributed by atoms with Gasteiger partial charge in [0.15, 0.2) is 0 Å². The molecule has 5 nitrogen and oxygen atoms in total. The number of carboxylic acids is 1. The zero-order valence-corrected chi connectivity index (χ0v) is 12.3. The van der Waals surface area contributed by atoms with Crippen molar-refractivity contribution in [2.24, 2.45) is 17.8 Å². The van der Waals surface area contributed by atoms with Gasteiger partial charge < -0.3 is 15.3 Å². The highest BCUT2D eigenvalue weighted by molar-refractivity contribution is 5.76. The standard InChI is InChI=1S/C15H26N2O3/c1-2-11(14(18)19)9-16-15(20)17-8-7-12-5-3-4-6-13(12)10-17/h11-13H,2-10H2,1H3,(H,16,20)(H,18,19). The molecule has 0 bridgehead atoms. The fourth-order valence-corrected chi connectivity index (χ4v) is 3.51. The summed E-state index contributed by atoms with van der Waals surface area (Å²) < 4.78 is 0. The van der Waals surface area contributed by atoms with Crippen molar-refractivity contribution in [2.45, 2.75) is 45.4 Å². The van der Waals surface area contributed by atoms with Crippen LogP contribution in [0.2, 0.25) is 0 Å². The van der Waals surface area contributed by atoms with E-state index in [2.05, 4.69) is 5.32 Å². The van der Waals surface area contributed by atoms with Crippen molar-refractivity contribution in [1.82, 2.24) is 10.2 Å². The van der Waals surface area contributed by atoms with Gasteiger partial charge in [-0.15, -0.1) is 0 Å². The van der Waals surface area contributed by atoms with E-state index in [-0.39, 0.29) is 12.6 Å². The molecule has 1 saturated heterocycles. The monoisotopic (exact) mass is 282 g/mol. The van der Waals surface area contributed by atoms with Gasteiger partial charge in [-0.25, -0.2) is 4.79 Å². The second-order valence-corrected chi connectivity index (χ2v) is 6.17. The second-order valence-electron chi connectivity index (χ2n) is 6.17. The summed E-state index contributed by atoms with van der Waals surface area (Å²) in [7, 11) is 0. The third-order valence-electron chi connectivity index (χ3n) is 4.92. The minimum Gasteiger partial charge on any atom is -0.481 e. The molecule has 3 unspecified atom stereocenters. The molecular weight excluding hydrogens is 256 g/mol. The van der Waals surface area contributed by atoms with E-state index < -0.39 is 11.9 Å². The fourth-order valence-electron chi connectivity index (χ4n) is 3.51. The van der Waals surface area contributed by atoms with Crippen LogP contribution in [-0.4, -0.2) is 41.6 Å². The number of hydrogen-bond acceptors (Lipinski definition) is 2. The number of carbonyl (C=O) groups excluding carboxylic acids is 1. The van der Waals surface area contributed by atoms with Crippen molar-refractivity contribution >= 4 is 12.0 Å². The van der Waals surface area contributed by atoms with Gasteiger partial charge in [0, 0.05) is 19.6 Å². The first-order valence-corrected chi connectivity index (χ1v) is 7.87. The Morgan fingerprint density at radius 1 is 1.25 bits per heavy atom. The zero-order valence-electron chi connectivity index (χ0n) is 12.3. The molecule has 0 aromatic heterocycles. The van der Waals surface area contributed by atoms with E-state index in [9.17, 15) is 9.59 Å². The average Bonchev–Trinajstić information content (AvgIpc) is 2.46. The Hall–Kier alpha value is -1.26. The number of nitrogens with zero attached hydrogens (tertiary/aromatic N) is 1. The number of fused-ring (bicyclic) bond motifs is 1. The molecule has 1 aliphatic heterocycles. The summed E-state index contributed by atoms with van der Waals surface area (Å²) in [5, 5.41) is 11.8. The Morgan fingerprint density at radius 3 is 2.60 bits per heavy atom. The van der Waals surface area contributed by atoms with E-state index in [1.807, 2.05) is 11.8 Å². The molecule has 3 atom stereocenters. The Labute approximate surface area is 120 Å². The SMILES string of the molecule is CCC(CNC(=O)N1CCC2CCCCC2C1)C(=O)O. The smallest absolute Gasteiger partial charge is 0.317 e. The van der Waals surface area contributed by atoms with E-state index in [0.717, 1.165) is 25.4 Å². The number of carboxylic acid groups (broad SMARTS) is 1. The highest BCUT2D eigenvalue weighted by Crippen LogP contribution is 2.35. The maximum absolute atomic E-state index is 12.1. The van der Waals surface area contributed by atoms with Crippen LogP contribution in [0.25, 0.3) is 0 Å². The first kappa shape index (κ1) is 15.1. The zero-order chi connectivity index (χ0) is 14.5. The number of aliphatic carboxylic acids is 1. The van der Waals surface area contributed by atoms with Gasteiger partial charge >= 0.3 is 12.0 Å². The minimum absolute atomic E-state index is 0.0891. The molecule has 20 heavy (non-hydrogen) atoms. The molecule has 0 aromatic rings. The number of amides is 2. The van der Waals surface area contributed by atoms with E-state index in [1.165, 1.54) is 25.7 Å². The molecule has 2 rings (SSSR count). The average molecular weight is 282 g/mol. The number of rotatable bonds is 4. The number of urea groups is 1. The van der Waals surface area contributed by atoms with Gasteiger partial charge in [0.2, 0.25) is 0 Å². The number of piperidine rings is 1. The molecule has 2 amide bonds. The lowest BCUT2D eigenvalue weighted by atomic mass is 9.75. The lowest BCUT2D eigenvalue weighted by Crippen LogP contribution is -2.49. The highest BCUT2D eigenvalue weighted by atomic mass is 16.4. The Bertz CT molecular complexity index is 359. The highest BCUT2D eigenvalue weighted by Gasteiger charge is 2.33. The second kappa shape index (κ2) is 6.95. The van der Waals surface area contributed by atoms with Crippen molar-refractivity contribution in [3.63, 3.8) is 0 Å². The third-order valence-corrected chi connectivity index (χ3v) is 4.92. The molecular formula is C15H26N2O3. The molecule has 2 N–H and O–H groups in total. The lowest BCUT2D eigenvalue weighted by Gasteiger charge is -2.41. The van der Waals surface area contributed by atoms with Crippen LogP contribution >= 0.6 is 0 Å². The number of carbonyl (C=O) groups is 2. The van der Waals surface area contributed by atoms with Gasteiger partial charge in [-0.1, -0.05) is 26.2 Å². The molecule has 1 saturated carbocycles. The molecule has 1 heterocycles. The molecule has 0 radical (unpaired) electrons. The molecule has 114 valence electrons. The number of hydrogen-bond donors (Lipinski definition) is 2. The molecule has 0 spiro atoms. The predicted molar refractivity (Wildman–Crippen MR) is 76.5 cm³/mol. The van der Waals surface area contributed by atoms with Crippen LogP contribution in [-0.2, 0) is 4.79 Å². The summed E-state index contributed by atoms with van der Waals surface area (Å²) >= 11 is 0. The molecule has 5 heteroatoms. The maximum Gasteiger partial charge on any atom is 0.317 e. The summed E-state index contributed by atoms with van der Waals surface area (Å²) in [5.41, 5.74) is 0. The van der Waals surface area contributed by atoms with Crippen molar-refractivity contribution in [3.05, 3.63) is 0 Å². The Kier molecular flexibility index (Phi) is 5.26. The van der Waals surface area contributed by atoms with Gasteiger partial charge in [0.25, 0.3) is 0 Å². The summed E-state index contributed by atoms with van der Waals surface area (Å²) in [5.74, 6) is 0.143. The first-order chi connectivity index (χ1) is 9.61. The van der Waals surface area contributed by atoms with Crippen molar-refractivity contribution in [1.29, 1.82) is 0 Å². The summed E-state index contributed by atoms with van der Waals surface area (Å²) in [4.78, 5) is 25.0. The van der Waals surface area contributed by atoms with Gasteiger partial charge in [-0.05, 0) is 31.1 Å². The van der Waals surface area contributed by atoms with Crippen LogP contribution in [0.5, 0.6) is 0 Å². The van der Waals surface area contributed by atoms with Crippen LogP contribution in [0.4, 0.5) is 4.79 Å². The quantitative estimate of drug-likeness (QED) is 0.831. The third kappa shape index (κ3) is 3.64.